The van der Waals surface area contributed by atoms with Crippen molar-refractivity contribution in [1.82, 2.24) is 10.2 Å². The van der Waals surface area contributed by atoms with Crippen LogP contribution in [0.15, 0.2) is 24.3 Å². The van der Waals surface area contributed by atoms with E-state index in [-0.39, 0.29) is 17.9 Å². The predicted molar refractivity (Wildman–Crippen MR) is 78.0 cm³/mol. The van der Waals surface area contributed by atoms with Crippen molar-refractivity contribution in [2.75, 3.05) is 20.1 Å². The second kappa shape index (κ2) is 6.20. The van der Waals surface area contributed by atoms with Crippen molar-refractivity contribution in [2.45, 2.75) is 32.7 Å². The van der Waals surface area contributed by atoms with Crippen molar-refractivity contribution in [2.24, 2.45) is 5.92 Å². The predicted octanol–water partition coefficient (Wildman–Crippen LogP) is 2.51. The number of likely N-dealkylation sites (tertiary alicyclic amines) is 1. The van der Waals surface area contributed by atoms with E-state index in [2.05, 4.69) is 41.4 Å². The molecule has 2 rings (SSSR count). The standard InChI is InChI=1S/C16H24N2O/c1-12-6-4-7-14(10-12)15-8-5-9-18(15)16(19)13(2)11-17-3/h4,6-7,10,13,15,17H,5,8-9,11H2,1-3H3. The molecule has 0 saturated carbocycles. The van der Waals surface area contributed by atoms with Crippen LogP contribution in [0.3, 0.4) is 0 Å². The summed E-state index contributed by atoms with van der Waals surface area (Å²) >= 11 is 0. The van der Waals surface area contributed by atoms with Gasteiger partial charge in [0.2, 0.25) is 5.91 Å². The molecule has 1 aliphatic heterocycles. The molecule has 0 aliphatic carbocycles. The molecule has 3 nitrogen and oxygen atoms in total. The molecular formula is C16H24N2O. The molecule has 0 spiro atoms. The van der Waals surface area contributed by atoms with Gasteiger partial charge in [0.15, 0.2) is 0 Å². The van der Waals surface area contributed by atoms with Crippen LogP contribution in [-0.2, 0) is 4.79 Å². The highest BCUT2D eigenvalue weighted by molar-refractivity contribution is 5.79. The third-order valence-electron chi connectivity index (χ3n) is 3.89. The molecule has 0 radical (unpaired) electrons. The smallest absolute Gasteiger partial charge is 0.227 e. The van der Waals surface area contributed by atoms with Crippen molar-refractivity contribution in [1.29, 1.82) is 0 Å². The first-order valence-electron chi connectivity index (χ1n) is 7.15. The topological polar surface area (TPSA) is 32.3 Å². The maximum atomic E-state index is 12.5. The Balaban J connectivity index is 2.15. The minimum absolute atomic E-state index is 0.0513. The first-order chi connectivity index (χ1) is 9.13. The summed E-state index contributed by atoms with van der Waals surface area (Å²) in [5.41, 5.74) is 2.54. The Morgan fingerprint density at radius 3 is 3.00 bits per heavy atom. The van der Waals surface area contributed by atoms with E-state index in [4.69, 9.17) is 0 Å². The van der Waals surface area contributed by atoms with Gasteiger partial charge in [-0.05, 0) is 32.4 Å². The summed E-state index contributed by atoms with van der Waals surface area (Å²) in [6.07, 6.45) is 2.19. The van der Waals surface area contributed by atoms with Crippen LogP contribution < -0.4 is 5.32 Å². The van der Waals surface area contributed by atoms with E-state index in [1.165, 1.54) is 11.1 Å². The number of carbonyl (C=O) groups excluding carboxylic acids is 1. The van der Waals surface area contributed by atoms with Gasteiger partial charge in [-0.1, -0.05) is 36.8 Å². The fraction of sp³-hybridized carbons (Fsp3) is 0.562. The summed E-state index contributed by atoms with van der Waals surface area (Å²) in [6, 6.07) is 8.81. The maximum Gasteiger partial charge on any atom is 0.227 e. The molecule has 1 fully saturated rings. The summed E-state index contributed by atoms with van der Waals surface area (Å²) in [5, 5.41) is 3.09. The number of aryl methyl sites for hydroxylation is 1. The zero-order chi connectivity index (χ0) is 13.8. The number of hydrogen-bond acceptors (Lipinski definition) is 2. The Kier molecular flexibility index (Phi) is 4.59. The maximum absolute atomic E-state index is 12.5. The van der Waals surface area contributed by atoms with E-state index in [1.807, 2.05) is 14.0 Å². The molecule has 2 atom stereocenters. The third-order valence-corrected chi connectivity index (χ3v) is 3.89. The molecular weight excluding hydrogens is 236 g/mol. The molecule has 0 aromatic heterocycles. The van der Waals surface area contributed by atoms with E-state index in [0.29, 0.717) is 0 Å². The van der Waals surface area contributed by atoms with Crippen molar-refractivity contribution in [3.05, 3.63) is 35.4 Å². The second-order valence-corrected chi connectivity index (χ2v) is 5.56. The zero-order valence-corrected chi connectivity index (χ0v) is 12.1. The molecule has 1 amide bonds. The fourth-order valence-electron chi connectivity index (χ4n) is 2.93. The average molecular weight is 260 g/mol. The number of amides is 1. The Morgan fingerprint density at radius 2 is 2.32 bits per heavy atom. The van der Waals surface area contributed by atoms with Crippen LogP contribution in [0.1, 0.15) is 36.9 Å². The van der Waals surface area contributed by atoms with E-state index in [1.54, 1.807) is 0 Å². The first kappa shape index (κ1) is 14.1. The molecule has 0 bridgehead atoms. The highest BCUT2D eigenvalue weighted by Crippen LogP contribution is 2.33. The lowest BCUT2D eigenvalue weighted by Crippen LogP contribution is -2.38. The van der Waals surface area contributed by atoms with Gasteiger partial charge in [-0.3, -0.25) is 4.79 Å². The Bertz CT molecular complexity index is 444. The van der Waals surface area contributed by atoms with Gasteiger partial charge in [-0.2, -0.15) is 0 Å². The van der Waals surface area contributed by atoms with E-state index in [0.717, 1.165) is 25.9 Å². The lowest BCUT2D eigenvalue weighted by atomic mass is 10.0. The SMILES string of the molecule is CNCC(C)C(=O)N1CCCC1c1cccc(C)c1. The van der Waals surface area contributed by atoms with E-state index >= 15 is 0 Å². The number of benzene rings is 1. The summed E-state index contributed by atoms with van der Waals surface area (Å²) in [6.45, 7) is 5.75. The van der Waals surface area contributed by atoms with Gasteiger partial charge in [-0.25, -0.2) is 0 Å². The quantitative estimate of drug-likeness (QED) is 0.902. The molecule has 1 heterocycles. The van der Waals surface area contributed by atoms with Gasteiger partial charge >= 0.3 is 0 Å². The molecule has 2 unspecified atom stereocenters. The lowest BCUT2D eigenvalue weighted by Gasteiger charge is -2.28. The van der Waals surface area contributed by atoms with E-state index in [9.17, 15) is 4.79 Å². The average Bonchev–Trinajstić information content (AvgIpc) is 2.87. The van der Waals surface area contributed by atoms with Crippen LogP contribution in [0.25, 0.3) is 0 Å². The van der Waals surface area contributed by atoms with Gasteiger partial charge in [0.05, 0.1) is 6.04 Å². The second-order valence-electron chi connectivity index (χ2n) is 5.56. The van der Waals surface area contributed by atoms with Gasteiger partial charge in [0.25, 0.3) is 0 Å². The summed E-state index contributed by atoms with van der Waals surface area (Å²) in [4.78, 5) is 14.6. The molecule has 1 aromatic rings. The van der Waals surface area contributed by atoms with Crippen molar-refractivity contribution in [3.63, 3.8) is 0 Å². The van der Waals surface area contributed by atoms with Crippen molar-refractivity contribution >= 4 is 5.91 Å². The van der Waals surface area contributed by atoms with Crippen LogP contribution in [0, 0.1) is 12.8 Å². The number of nitrogens with zero attached hydrogens (tertiary/aromatic N) is 1. The molecule has 3 heteroatoms. The Labute approximate surface area is 116 Å². The van der Waals surface area contributed by atoms with E-state index < -0.39 is 0 Å². The van der Waals surface area contributed by atoms with Gasteiger partial charge in [0, 0.05) is 19.0 Å². The number of rotatable bonds is 4. The summed E-state index contributed by atoms with van der Waals surface area (Å²) < 4.78 is 0. The molecule has 1 saturated heterocycles. The summed E-state index contributed by atoms with van der Waals surface area (Å²) in [5.74, 6) is 0.328. The minimum Gasteiger partial charge on any atom is -0.335 e. The number of carbonyl (C=O) groups is 1. The van der Waals surface area contributed by atoms with Crippen molar-refractivity contribution < 1.29 is 4.79 Å². The molecule has 19 heavy (non-hydrogen) atoms. The highest BCUT2D eigenvalue weighted by Gasteiger charge is 2.31. The summed E-state index contributed by atoms with van der Waals surface area (Å²) in [7, 11) is 1.89. The molecule has 1 N–H and O–H groups in total. The van der Waals surface area contributed by atoms with Gasteiger partial charge in [0.1, 0.15) is 0 Å². The van der Waals surface area contributed by atoms with Gasteiger partial charge in [-0.15, -0.1) is 0 Å². The molecule has 1 aliphatic rings. The molecule has 1 aromatic carbocycles. The van der Waals surface area contributed by atoms with Gasteiger partial charge < -0.3 is 10.2 Å². The van der Waals surface area contributed by atoms with Crippen molar-refractivity contribution in [3.8, 4) is 0 Å². The fourth-order valence-corrected chi connectivity index (χ4v) is 2.93. The van der Waals surface area contributed by atoms with Crippen LogP contribution in [0.5, 0.6) is 0 Å². The monoisotopic (exact) mass is 260 g/mol. The van der Waals surface area contributed by atoms with Crippen LogP contribution >= 0.6 is 0 Å². The van der Waals surface area contributed by atoms with Crippen LogP contribution in [0.4, 0.5) is 0 Å². The third kappa shape index (κ3) is 3.16. The van der Waals surface area contributed by atoms with Crippen LogP contribution in [-0.4, -0.2) is 30.9 Å². The Hall–Kier alpha value is -1.35. The molecule has 104 valence electrons. The first-order valence-corrected chi connectivity index (χ1v) is 7.15. The van der Waals surface area contributed by atoms with Crippen LogP contribution in [0.2, 0.25) is 0 Å². The lowest BCUT2D eigenvalue weighted by molar-refractivity contribution is -0.135. The number of hydrogen-bond donors (Lipinski definition) is 1. The minimum atomic E-state index is 0.0513. The zero-order valence-electron chi connectivity index (χ0n) is 12.1. The largest absolute Gasteiger partial charge is 0.335 e. The highest BCUT2D eigenvalue weighted by atomic mass is 16.2. The number of nitrogens with one attached hydrogen (secondary N) is 1. The normalized spacial score (nSPS) is 20.6. The Morgan fingerprint density at radius 1 is 1.53 bits per heavy atom.